The topological polar surface area (TPSA) is 97.1 Å². The van der Waals surface area contributed by atoms with Gasteiger partial charge in [0.15, 0.2) is 11.2 Å². The van der Waals surface area contributed by atoms with Crippen LogP contribution in [0.25, 0.3) is 17.2 Å². The van der Waals surface area contributed by atoms with Crippen LogP contribution >= 0.6 is 11.6 Å². The van der Waals surface area contributed by atoms with Gasteiger partial charge in [-0.05, 0) is 31.6 Å². The smallest absolute Gasteiger partial charge is 0.299 e. The molecule has 0 bridgehead atoms. The molecular formula is C20H21ClN6O2. The van der Waals surface area contributed by atoms with Gasteiger partial charge in [0.1, 0.15) is 0 Å². The van der Waals surface area contributed by atoms with Gasteiger partial charge < -0.3 is 0 Å². The number of fused-ring (bicyclic) bond motifs is 1. The fraction of sp³-hybridized carbons (Fsp3) is 0.200. The predicted molar refractivity (Wildman–Crippen MR) is 118 cm³/mol. The molecule has 0 aliphatic heterocycles. The van der Waals surface area contributed by atoms with Gasteiger partial charge in [-0.1, -0.05) is 48.0 Å². The Morgan fingerprint density at radius 2 is 2.07 bits per heavy atom. The molecule has 150 valence electrons. The summed E-state index contributed by atoms with van der Waals surface area (Å²) in [6.45, 7) is 7.90. The van der Waals surface area contributed by atoms with Gasteiger partial charge in [-0.25, -0.2) is 10.2 Å². The number of halogens is 1. The highest BCUT2D eigenvalue weighted by atomic mass is 35.5. The van der Waals surface area contributed by atoms with Crippen molar-refractivity contribution in [2.45, 2.75) is 20.4 Å². The number of imidazole rings is 1. The first-order chi connectivity index (χ1) is 13.8. The minimum Gasteiger partial charge on any atom is -0.299 e. The maximum atomic E-state index is 12.4. The van der Waals surface area contributed by atoms with Crippen LogP contribution in [0.5, 0.6) is 0 Å². The van der Waals surface area contributed by atoms with E-state index in [4.69, 9.17) is 11.6 Å². The quantitative estimate of drug-likeness (QED) is 0.369. The zero-order valence-electron chi connectivity index (χ0n) is 16.4. The van der Waals surface area contributed by atoms with E-state index in [9.17, 15) is 9.59 Å². The Balaban J connectivity index is 1.98. The number of anilines is 1. The molecule has 1 aromatic carbocycles. The molecule has 3 aromatic rings. The first-order valence-electron chi connectivity index (χ1n) is 8.84. The van der Waals surface area contributed by atoms with Gasteiger partial charge in [0, 0.05) is 18.6 Å². The van der Waals surface area contributed by atoms with Gasteiger partial charge in [-0.15, -0.1) is 0 Å². The Morgan fingerprint density at radius 1 is 1.34 bits per heavy atom. The molecule has 2 heterocycles. The average Bonchev–Trinajstić information content (AvgIpc) is 3.02. The predicted octanol–water partition coefficient (Wildman–Crippen LogP) is 3.15. The lowest BCUT2D eigenvalue weighted by Gasteiger charge is -2.07. The van der Waals surface area contributed by atoms with Crippen molar-refractivity contribution in [1.29, 1.82) is 0 Å². The number of allylic oxidation sites excluding steroid dienone is 2. The summed E-state index contributed by atoms with van der Waals surface area (Å²) in [5.74, 6) is 0.334. The Morgan fingerprint density at radius 3 is 2.76 bits per heavy atom. The summed E-state index contributed by atoms with van der Waals surface area (Å²) in [5, 5.41) is 4.95. The van der Waals surface area contributed by atoms with E-state index in [1.165, 1.54) is 4.57 Å². The van der Waals surface area contributed by atoms with Crippen LogP contribution in [0.4, 0.5) is 5.95 Å². The maximum Gasteiger partial charge on any atom is 0.329 e. The average molecular weight is 413 g/mol. The molecule has 9 heteroatoms. The summed E-state index contributed by atoms with van der Waals surface area (Å²) in [7, 11) is 1.54. The largest absolute Gasteiger partial charge is 0.329 e. The molecule has 0 radical (unpaired) electrons. The van der Waals surface area contributed by atoms with Crippen LogP contribution in [0.3, 0.4) is 0 Å². The van der Waals surface area contributed by atoms with Crippen LogP contribution in [-0.4, -0.2) is 24.8 Å². The molecule has 3 rings (SSSR count). The lowest BCUT2D eigenvalue weighted by molar-refractivity contribution is 0.799. The van der Waals surface area contributed by atoms with Gasteiger partial charge in [-0.2, -0.15) is 10.1 Å². The summed E-state index contributed by atoms with van der Waals surface area (Å²) in [5.41, 5.74) is 4.74. The fourth-order valence-corrected chi connectivity index (χ4v) is 2.94. The number of benzene rings is 1. The van der Waals surface area contributed by atoms with Crippen LogP contribution in [0.15, 0.2) is 57.2 Å². The summed E-state index contributed by atoms with van der Waals surface area (Å²) >= 11 is 6.15. The molecule has 0 aliphatic carbocycles. The second-order valence-corrected chi connectivity index (χ2v) is 7.10. The Labute approximate surface area is 171 Å². The minimum atomic E-state index is -0.531. The number of H-pyrrole nitrogens is 1. The standard InChI is InChI=1S/C20H21ClN6O2/c1-12(2)11-27-16-17(26(4)20(29)23-18(16)28)22-19(27)25-24-13(3)9-10-14-7-5-6-8-15(14)21/h5-10H,1,11H2,2-4H3,(H,22,25)(H,23,28,29)/b10-9?,24-13-. The van der Waals surface area contributed by atoms with E-state index in [2.05, 4.69) is 27.1 Å². The number of nitrogens with zero attached hydrogens (tertiary/aromatic N) is 4. The second kappa shape index (κ2) is 8.32. The van der Waals surface area contributed by atoms with Crippen LogP contribution in [0.2, 0.25) is 5.02 Å². The van der Waals surface area contributed by atoms with Crippen molar-refractivity contribution in [1.82, 2.24) is 19.1 Å². The fourth-order valence-electron chi connectivity index (χ4n) is 2.74. The maximum absolute atomic E-state index is 12.4. The van der Waals surface area contributed by atoms with Crippen LogP contribution in [0, 0.1) is 0 Å². The molecule has 0 fully saturated rings. The van der Waals surface area contributed by atoms with Gasteiger partial charge in [0.25, 0.3) is 5.56 Å². The molecule has 2 aromatic heterocycles. The monoisotopic (exact) mass is 412 g/mol. The Kier molecular flexibility index (Phi) is 5.84. The third-order valence-electron chi connectivity index (χ3n) is 4.18. The molecule has 0 unspecified atom stereocenters. The zero-order chi connectivity index (χ0) is 21.1. The van der Waals surface area contributed by atoms with Crippen molar-refractivity contribution in [3.8, 4) is 0 Å². The van der Waals surface area contributed by atoms with Gasteiger partial charge >= 0.3 is 5.69 Å². The first kappa shape index (κ1) is 20.3. The molecule has 0 aliphatic rings. The number of aryl methyl sites for hydroxylation is 1. The van der Waals surface area contributed by atoms with E-state index < -0.39 is 11.2 Å². The van der Waals surface area contributed by atoms with E-state index >= 15 is 0 Å². The van der Waals surface area contributed by atoms with Crippen molar-refractivity contribution in [2.24, 2.45) is 12.1 Å². The molecule has 2 N–H and O–H groups in total. The highest BCUT2D eigenvalue weighted by Crippen LogP contribution is 2.18. The summed E-state index contributed by atoms with van der Waals surface area (Å²) in [6, 6.07) is 7.48. The summed E-state index contributed by atoms with van der Waals surface area (Å²) in [6.07, 6.45) is 3.66. The number of aromatic nitrogens is 4. The van der Waals surface area contributed by atoms with Crippen LogP contribution in [-0.2, 0) is 13.6 Å². The van der Waals surface area contributed by atoms with E-state index in [-0.39, 0.29) is 11.2 Å². The van der Waals surface area contributed by atoms with Gasteiger partial charge in [-0.3, -0.25) is 18.9 Å². The van der Waals surface area contributed by atoms with E-state index in [0.717, 1.165) is 11.1 Å². The van der Waals surface area contributed by atoms with Gasteiger partial charge in [0.2, 0.25) is 5.95 Å². The third kappa shape index (κ3) is 4.38. The first-order valence-corrected chi connectivity index (χ1v) is 9.22. The summed E-state index contributed by atoms with van der Waals surface area (Å²) < 4.78 is 2.93. The number of hydrogen-bond acceptors (Lipinski definition) is 5. The molecule has 0 saturated heterocycles. The number of hydrazone groups is 1. The molecule has 0 saturated carbocycles. The number of nitrogens with one attached hydrogen (secondary N) is 2. The number of hydrogen-bond donors (Lipinski definition) is 2. The van der Waals surface area contributed by atoms with E-state index in [0.29, 0.717) is 23.2 Å². The van der Waals surface area contributed by atoms with E-state index in [1.54, 1.807) is 11.6 Å². The molecule has 0 spiro atoms. The van der Waals surface area contributed by atoms with Gasteiger partial charge in [0.05, 0.1) is 5.71 Å². The minimum absolute atomic E-state index is 0.266. The Hall–Kier alpha value is -3.39. The lowest BCUT2D eigenvalue weighted by Crippen LogP contribution is -2.29. The Bertz CT molecular complexity index is 1260. The highest BCUT2D eigenvalue weighted by Gasteiger charge is 2.17. The normalized spacial score (nSPS) is 12.1. The van der Waals surface area contributed by atoms with Crippen molar-refractivity contribution in [3.05, 3.63) is 73.9 Å². The molecule has 8 nitrogen and oxygen atoms in total. The van der Waals surface area contributed by atoms with Crippen molar-refractivity contribution < 1.29 is 0 Å². The zero-order valence-corrected chi connectivity index (χ0v) is 17.1. The lowest BCUT2D eigenvalue weighted by atomic mass is 10.2. The molecule has 0 atom stereocenters. The van der Waals surface area contributed by atoms with E-state index in [1.807, 2.05) is 50.3 Å². The number of rotatable bonds is 6. The molecular weight excluding hydrogens is 392 g/mol. The molecule has 29 heavy (non-hydrogen) atoms. The molecule has 0 amide bonds. The number of aromatic amines is 1. The second-order valence-electron chi connectivity index (χ2n) is 6.69. The van der Waals surface area contributed by atoms with Crippen molar-refractivity contribution >= 4 is 40.5 Å². The SMILES string of the molecule is C=C(C)Cn1c(N/N=C(/C)C=Cc2ccccc2Cl)nc2c1c(=O)[nH]c(=O)n2C. The van der Waals surface area contributed by atoms with Crippen LogP contribution < -0.4 is 16.7 Å². The van der Waals surface area contributed by atoms with Crippen molar-refractivity contribution in [2.75, 3.05) is 5.43 Å². The van der Waals surface area contributed by atoms with Crippen LogP contribution in [0.1, 0.15) is 19.4 Å². The third-order valence-corrected chi connectivity index (χ3v) is 4.52. The summed E-state index contributed by atoms with van der Waals surface area (Å²) in [4.78, 5) is 30.9. The highest BCUT2D eigenvalue weighted by molar-refractivity contribution is 6.32. The van der Waals surface area contributed by atoms with Crippen molar-refractivity contribution in [3.63, 3.8) is 0 Å².